The number of hydrogen-bond acceptors (Lipinski definition) is 3. The van der Waals surface area contributed by atoms with Crippen molar-refractivity contribution in [1.29, 1.82) is 0 Å². The fourth-order valence-electron chi connectivity index (χ4n) is 1.50. The van der Waals surface area contributed by atoms with Crippen LogP contribution >= 0.6 is 22.6 Å². The molecule has 1 amide bonds. The average Bonchev–Trinajstić information content (AvgIpc) is 2.36. The molecule has 0 unspecified atom stereocenters. The molecular formula is C13H9FINO3. The number of carbonyl (C=O) groups excluding carboxylic acids is 1. The zero-order valence-electron chi connectivity index (χ0n) is 9.52. The highest BCUT2D eigenvalue weighted by Crippen LogP contribution is 2.29. The summed E-state index contributed by atoms with van der Waals surface area (Å²) < 4.78 is 13.5. The van der Waals surface area contributed by atoms with Crippen LogP contribution in [-0.2, 0) is 0 Å². The van der Waals surface area contributed by atoms with E-state index in [1.54, 1.807) is 0 Å². The quantitative estimate of drug-likeness (QED) is 0.560. The summed E-state index contributed by atoms with van der Waals surface area (Å²) in [7, 11) is 0. The molecule has 0 saturated carbocycles. The van der Waals surface area contributed by atoms with Crippen molar-refractivity contribution >= 4 is 34.2 Å². The van der Waals surface area contributed by atoms with E-state index in [1.165, 1.54) is 36.4 Å². The second-order valence-electron chi connectivity index (χ2n) is 3.75. The minimum atomic E-state index is -0.585. The van der Waals surface area contributed by atoms with Crippen molar-refractivity contribution in [3.05, 3.63) is 51.3 Å². The number of rotatable bonds is 2. The molecule has 3 N–H and O–H groups in total. The van der Waals surface area contributed by atoms with Gasteiger partial charge in [-0.05, 0) is 52.9 Å². The van der Waals surface area contributed by atoms with Crippen molar-refractivity contribution in [3.8, 4) is 11.5 Å². The third-order valence-electron chi connectivity index (χ3n) is 2.44. The number of para-hydroxylation sites is 1. The van der Waals surface area contributed by atoms with Gasteiger partial charge >= 0.3 is 0 Å². The number of hydrogen-bond donors (Lipinski definition) is 3. The van der Waals surface area contributed by atoms with Crippen LogP contribution in [0.4, 0.5) is 10.1 Å². The molecule has 0 radical (unpaired) electrons. The number of carbonyl (C=O) groups is 1. The Kier molecular flexibility index (Phi) is 3.89. The van der Waals surface area contributed by atoms with E-state index in [0.717, 1.165) is 0 Å². The number of amides is 1. The number of phenols is 2. The Morgan fingerprint density at radius 1 is 1.21 bits per heavy atom. The van der Waals surface area contributed by atoms with Gasteiger partial charge in [-0.15, -0.1) is 0 Å². The molecule has 2 aromatic carbocycles. The Labute approximate surface area is 122 Å². The first-order valence-electron chi connectivity index (χ1n) is 5.26. The lowest BCUT2D eigenvalue weighted by Crippen LogP contribution is -2.13. The predicted octanol–water partition coefficient (Wildman–Crippen LogP) is 3.09. The summed E-state index contributed by atoms with van der Waals surface area (Å²) in [5.74, 6) is -1.85. The lowest BCUT2D eigenvalue weighted by Gasteiger charge is -2.09. The molecule has 0 aliphatic carbocycles. The Bertz CT molecular complexity index is 646. The van der Waals surface area contributed by atoms with Crippen molar-refractivity contribution in [2.24, 2.45) is 0 Å². The SMILES string of the molecule is O=C(Nc1ccc(F)cc1I)c1cccc(O)c1O. The number of aromatic hydroxyl groups is 2. The first kappa shape index (κ1) is 13.6. The second-order valence-corrected chi connectivity index (χ2v) is 4.91. The molecule has 6 heteroatoms. The molecule has 19 heavy (non-hydrogen) atoms. The molecule has 2 aromatic rings. The molecule has 98 valence electrons. The molecular weight excluding hydrogens is 364 g/mol. The predicted molar refractivity (Wildman–Crippen MR) is 76.8 cm³/mol. The zero-order chi connectivity index (χ0) is 14.0. The van der Waals surface area contributed by atoms with E-state index in [9.17, 15) is 19.4 Å². The maximum atomic E-state index is 12.9. The molecule has 0 saturated heterocycles. The maximum Gasteiger partial charge on any atom is 0.259 e. The summed E-state index contributed by atoms with van der Waals surface area (Å²) in [6.07, 6.45) is 0. The van der Waals surface area contributed by atoms with Crippen LogP contribution in [0.5, 0.6) is 11.5 Å². The molecule has 0 aromatic heterocycles. The molecule has 0 fully saturated rings. The van der Waals surface area contributed by atoms with E-state index in [4.69, 9.17) is 0 Å². The van der Waals surface area contributed by atoms with Gasteiger partial charge in [0.2, 0.25) is 0 Å². The van der Waals surface area contributed by atoms with E-state index >= 15 is 0 Å². The standard InChI is InChI=1S/C13H9FINO3/c14-7-4-5-10(9(15)6-7)16-13(19)8-2-1-3-11(17)12(8)18/h1-6,17-18H,(H,16,19). The van der Waals surface area contributed by atoms with Gasteiger partial charge in [0, 0.05) is 3.57 Å². The number of phenolic OH excluding ortho intramolecular Hbond substituents is 2. The van der Waals surface area contributed by atoms with Gasteiger partial charge < -0.3 is 15.5 Å². The summed E-state index contributed by atoms with van der Waals surface area (Å²) in [6, 6.07) is 8.02. The van der Waals surface area contributed by atoms with Crippen LogP contribution in [-0.4, -0.2) is 16.1 Å². The van der Waals surface area contributed by atoms with Gasteiger partial charge in [-0.25, -0.2) is 4.39 Å². The number of nitrogens with one attached hydrogen (secondary N) is 1. The van der Waals surface area contributed by atoms with Crippen LogP contribution < -0.4 is 5.32 Å². The lowest BCUT2D eigenvalue weighted by molar-refractivity contribution is 0.102. The molecule has 0 atom stereocenters. The van der Waals surface area contributed by atoms with Gasteiger partial charge in [0.25, 0.3) is 5.91 Å². The van der Waals surface area contributed by atoms with Gasteiger partial charge in [0.05, 0.1) is 11.3 Å². The van der Waals surface area contributed by atoms with Gasteiger partial charge in [-0.1, -0.05) is 6.07 Å². The zero-order valence-corrected chi connectivity index (χ0v) is 11.7. The number of benzene rings is 2. The summed E-state index contributed by atoms with van der Waals surface area (Å²) in [5.41, 5.74) is 0.370. The highest BCUT2D eigenvalue weighted by Gasteiger charge is 2.15. The Hall–Kier alpha value is -1.83. The second kappa shape index (κ2) is 5.43. The number of anilines is 1. The third-order valence-corrected chi connectivity index (χ3v) is 3.33. The first-order chi connectivity index (χ1) is 8.99. The van der Waals surface area contributed by atoms with E-state index in [0.29, 0.717) is 9.26 Å². The normalized spacial score (nSPS) is 10.2. The van der Waals surface area contributed by atoms with Crippen LogP contribution in [0.2, 0.25) is 0 Å². The summed E-state index contributed by atoms with van der Waals surface area (Å²) in [4.78, 5) is 11.9. The Morgan fingerprint density at radius 3 is 2.63 bits per heavy atom. The molecule has 0 spiro atoms. The van der Waals surface area contributed by atoms with Crippen molar-refractivity contribution < 1.29 is 19.4 Å². The number of halogens is 2. The monoisotopic (exact) mass is 373 g/mol. The summed E-state index contributed by atoms with van der Waals surface area (Å²) in [6.45, 7) is 0. The fourth-order valence-corrected chi connectivity index (χ4v) is 2.11. The van der Waals surface area contributed by atoms with Crippen LogP contribution in [0.25, 0.3) is 0 Å². The highest BCUT2D eigenvalue weighted by molar-refractivity contribution is 14.1. The van der Waals surface area contributed by atoms with E-state index < -0.39 is 17.5 Å². The Morgan fingerprint density at radius 2 is 1.95 bits per heavy atom. The van der Waals surface area contributed by atoms with E-state index in [-0.39, 0.29) is 11.3 Å². The van der Waals surface area contributed by atoms with Crippen molar-refractivity contribution in [3.63, 3.8) is 0 Å². The fraction of sp³-hybridized carbons (Fsp3) is 0. The van der Waals surface area contributed by atoms with Gasteiger partial charge in [-0.2, -0.15) is 0 Å². The van der Waals surface area contributed by atoms with E-state index in [2.05, 4.69) is 5.32 Å². The van der Waals surface area contributed by atoms with Gasteiger partial charge in [0.1, 0.15) is 5.82 Å². The lowest BCUT2D eigenvalue weighted by atomic mass is 10.1. The summed E-state index contributed by atoms with van der Waals surface area (Å²) >= 11 is 1.89. The van der Waals surface area contributed by atoms with Gasteiger partial charge in [0.15, 0.2) is 11.5 Å². The minimum Gasteiger partial charge on any atom is -0.504 e. The highest BCUT2D eigenvalue weighted by atomic mass is 127. The van der Waals surface area contributed by atoms with Crippen LogP contribution in [0.1, 0.15) is 10.4 Å². The molecule has 0 heterocycles. The maximum absolute atomic E-state index is 12.9. The van der Waals surface area contributed by atoms with Crippen molar-refractivity contribution in [2.75, 3.05) is 5.32 Å². The third kappa shape index (κ3) is 2.95. The Balaban J connectivity index is 2.28. The first-order valence-corrected chi connectivity index (χ1v) is 6.34. The summed E-state index contributed by atoms with van der Waals surface area (Å²) in [5, 5.41) is 21.4. The van der Waals surface area contributed by atoms with Crippen molar-refractivity contribution in [1.82, 2.24) is 0 Å². The molecule has 0 aliphatic rings. The molecule has 0 aliphatic heterocycles. The smallest absolute Gasteiger partial charge is 0.259 e. The van der Waals surface area contributed by atoms with E-state index in [1.807, 2.05) is 22.6 Å². The molecule has 0 bridgehead atoms. The van der Waals surface area contributed by atoms with Crippen LogP contribution in [0.3, 0.4) is 0 Å². The largest absolute Gasteiger partial charge is 0.504 e. The topological polar surface area (TPSA) is 69.6 Å². The van der Waals surface area contributed by atoms with Crippen LogP contribution in [0.15, 0.2) is 36.4 Å². The molecule has 2 rings (SSSR count). The molecule has 4 nitrogen and oxygen atoms in total. The van der Waals surface area contributed by atoms with Crippen molar-refractivity contribution in [2.45, 2.75) is 0 Å². The minimum absolute atomic E-state index is 0.0554. The average molecular weight is 373 g/mol. The van der Waals surface area contributed by atoms with Crippen LogP contribution in [0, 0.1) is 9.39 Å². The van der Waals surface area contributed by atoms with Gasteiger partial charge in [-0.3, -0.25) is 4.79 Å².